The molecule has 1 aromatic carbocycles. The number of amides is 2. The molecule has 8 nitrogen and oxygen atoms in total. The molecule has 1 saturated heterocycles. The standard InChI is InChI=1S/C22H30N2O6/c1-13(2)11-16-18(26)20(28)23(6)24(19(16)27)17(21(29)30-22(3,4)5)12-14-7-9-15(25)10-8-14/h7-10,13,16-17,25H,11-12H2,1-6H3/t16?,17-/m0/s1. The first-order valence-corrected chi connectivity index (χ1v) is 9.97. The van der Waals surface area contributed by atoms with Gasteiger partial charge in [0.05, 0.1) is 0 Å². The lowest BCUT2D eigenvalue weighted by Gasteiger charge is -2.42. The van der Waals surface area contributed by atoms with Crippen molar-refractivity contribution in [2.24, 2.45) is 11.8 Å². The van der Waals surface area contributed by atoms with E-state index in [2.05, 4.69) is 0 Å². The highest BCUT2D eigenvalue weighted by Crippen LogP contribution is 2.27. The normalized spacial score (nSPS) is 18.8. The van der Waals surface area contributed by atoms with Crippen molar-refractivity contribution >= 4 is 23.6 Å². The molecule has 1 N–H and O–H groups in total. The molecule has 0 aliphatic carbocycles. The minimum Gasteiger partial charge on any atom is -0.508 e. The van der Waals surface area contributed by atoms with Gasteiger partial charge >= 0.3 is 11.9 Å². The molecule has 30 heavy (non-hydrogen) atoms. The Balaban J connectivity index is 2.46. The van der Waals surface area contributed by atoms with E-state index in [1.807, 2.05) is 13.8 Å². The monoisotopic (exact) mass is 418 g/mol. The molecule has 0 spiro atoms. The SMILES string of the molecule is CC(C)CC1C(=O)C(=O)N(C)N([C@@H](Cc2ccc(O)cc2)C(=O)OC(C)(C)C)C1=O. The summed E-state index contributed by atoms with van der Waals surface area (Å²) in [6.07, 6.45) is 0.273. The molecular weight excluding hydrogens is 388 g/mol. The number of carbonyl (C=O) groups is 4. The Morgan fingerprint density at radius 3 is 2.20 bits per heavy atom. The van der Waals surface area contributed by atoms with Crippen LogP contribution in [0.15, 0.2) is 24.3 Å². The summed E-state index contributed by atoms with van der Waals surface area (Å²) >= 11 is 0. The van der Waals surface area contributed by atoms with E-state index in [0.29, 0.717) is 5.56 Å². The number of rotatable bonds is 6. The minimum atomic E-state index is -1.14. The number of phenols is 1. The van der Waals surface area contributed by atoms with Crippen molar-refractivity contribution in [3.05, 3.63) is 29.8 Å². The summed E-state index contributed by atoms with van der Waals surface area (Å²) in [5, 5.41) is 11.5. The minimum absolute atomic E-state index is 0.0121. The largest absolute Gasteiger partial charge is 0.508 e. The van der Waals surface area contributed by atoms with Crippen LogP contribution in [0.1, 0.15) is 46.6 Å². The predicted octanol–water partition coefficient (Wildman–Crippen LogP) is 2.09. The number of carbonyl (C=O) groups excluding carboxylic acids is 4. The van der Waals surface area contributed by atoms with Gasteiger partial charge in [-0.25, -0.2) is 14.8 Å². The van der Waals surface area contributed by atoms with Crippen LogP contribution >= 0.6 is 0 Å². The van der Waals surface area contributed by atoms with Crippen LogP contribution in [0.3, 0.4) is 0 Å². The van der Waals surface area contributed by atoms with Gasteiger partial charge in [-0.2, -0.15) is 0 Å². The average molecular weight is 418 g/mol. The van der Waals surface area contributed by atoms with Gasteiger partial charge in [-0.05, 0) is 50.8 Å². The molecule has 1 unspecified atom stereocenters. The van der Waals surface area contributed by atoms with Gasteiger partial charge < -0.3 is 9.84 Å². The average Bonchev–Trinajstić information content (AvgIpc) is 2.63. The molecule has 0 saturated carbocycles. The summed E-state index contributed by atoms with van der Waals surface area (Å²) in [6, 6.07) is 5.05. The molecule has 164 valence electrons. The van der Waals surface area contributed by atoms with Crippen LogP contribution in [0, 0.1) is 11.8 Å². The number of benzene rings is 1. The van der Waals surface area contributed by atoms with Crippen LogP contribution in [0.25, 0.3) is 0 Å². The van der Waals surface area contributed by atoms with E-state index in [1.165, 1.54) is 19.2 Å². The highest BCUT2D eigenvalue weighted by molar-refractivity contribution is 6.42. The second kappa shape index (κ2) is 8.85. The summed E-state index contributed by atoms with van der Waals surface area (Å²) in [6.45, 7) is 8.84. The van der Waals surface area contributed by atoms with Crippen molar-refractivity contribution in [1.29, 1.82) is 0 Å². The van der Waals surface area contributed by atoms with E-state index >= 15 is 0 Å². The van der Waals surface area contributed by atoms with E-state index in [4.69, 9.17) is 4.74 Å². The van der Waals surface area contributed by atoms with Crippen LogP contribution in [0.5, 0.6) is 5.75 Å². The molecule has 1 aliphatic heterocycles. The van der Waals surface area contributed by atoms with Crippen molar-refractivity contribution in [2.75, 3.05) is 7.05 Å². The first kappa shape index (κ1) is 23.4. The van der Waals surface area contributed by atoms with Crippen LogP contribution in [-0.2, 0) is 30.3 Å². The Kier molecular flexibility index (Phi) is 6.90. The van der Waals surface area contributed by atoms with E-state index in [-0.39, 0.29) is 24.5 Å². The zero-order chi connectivity index (χ0) is 22.8. The zero-order valence-electron chi connectivity index (χ0n) is 18.3. The molecule has 2 rings (SSSR count). The maximum absolute atomic E-state index is 13.2. The number of hydrogen-bond acceptors (Lipinski definition) is 6. The van der Waals surface area contributed by atoms with Gasteiger partial charge in [-0.1, -0.05) is 26.0 Å². The first-order chi connectivity index (χ1) is 13.8. The number of esters is 1. The molecule has 1 aliphatic rings. The van der Waals surface area contributed by atoms with Gasteiger partial charge in [0, 0.05) is 13.5 Å². The highest BCUT2D eigenvalue weighted by atomic mass is 16.6. The molecule has 8 heteroatoms. The number of hydrazine groups is 1. The van der Waals surface area contributed by atoms with Gasteiger partial charge in [0.15, 0.2) is 6.04 Å². The second-order valence-electron chi connectivity index (χ2n) is 8.98. The summed E-state index contributed by atoms with van der Waals surface area (Å²) in [5.41, 5.74) is -0.145. The summed E-state index contributed by atoms with van der Waals surface area (Å²) in [5.74, 6) is -3.92. The summed E-state index contributed by atoms with van der Waals surface area (Å²) < 4.78 is 5.52. The summed E-state index contributed by atoms with van der Waals surface area (Å²) in [7, 11) is 1.30. The third-order valence-corrected chi connectivity index (χ3v) is 4.71. The Morgan fingerprint density at radius 2 is 1.70 bits per heavy atom. The zero-order valence-corrected chi connectivity index (χ0v) is 18.3. The van der Waals surface area contributed by atoms with Crippen LogP contribution in [0.4, 0.5) is 0 Å². The van der Waals surface area contributed by atoms with E-state index in [1.54, 1.807) is 32.9 Å². The quantitative estimate of drug-likeness (QED) is 0.431. The summed E-state index contributed by atoms with van der Waals surface area (Å²) in [4.78, 5) is 51.3. The van der Waals surface area contributed by atoms with Gasteiger partial charge in [0.25, 0.3) is 5.91 Å². The number of ether oxygens (including phenoxy) is 1. The Bertz CT molecular complexity index is 825. The number of nitrogens with zero attached hydrogens (tertiary/aromatic N) is 2. The fourth-order valence-corrected chi connectivity index (χ4v) is 3.36. The van der Waals surface area contributed by atoms with Gasteiger partial charge in [-0.15, -0.1) is 0 Å². The van der Waals surface area contributed by atoms with Gasteiger partial charge in [-0.3, -0.25) is 14.4 Å². The maximum Gasteiger partial charge on any atom is 0.331 e. The molecule has 2 amide bonds. The fraction of sp³-hybridized carbons (Fsp3) is 0.545. The number of likely N-dealkylation sites (N-methyl/N-ethyl adjacent to an activating group) is 1. The molecule has 0 radical (unpaired) electrons. The Labute approximate surface area is 176 Å². The molecule has 2 atom stereocenters. The number of ketones is 1. The topological polar surface area (TPSA) is 104 Å². The lowest BCUT2D eigenvalue weighted by molar-refractivity contribution is -0.190. The first-order valence-electron chi connectivity index (χ1n) is 9.97. The third-order valence-electron chi connectivity index (χ3n) is 4.71. The van der Waals surface area contributed by atoms with E-state index in [0.717, 1.165) is 10.0 Å². The Morgan fingerprint density at radius 1 is 1.13 bits per heavy atom. The van der Waals surface area contributed by atoms with Crippen molar-refractivity contribution in [3.63, 3.8) is 0 Å². The molecular formula is C22H30N2O6. The molecule has 1 aromatic rings. The van der Waals surface area contributed by atoms with Crippen molar-refractivity contribution in [1.82, 2.24) is 10.0 Å². The molecule has 1 fully saturated rings. The van der Waals surface area contributed by atoms with Crippen LogP contribution in [-0.4, -0.2) is 57.4 Å². The highest BCUT2D eigenvalue weighted by Gasteiger charge is 2.49. The molecule has 1 heterocycles. The third kappa shape index (κ3) is 5.37. The van der Waals surface area contributed by atoms with E-state index < -0.39 is 41.1 Å². The van der Waals surface area contributed by atoms with Crippen LogP contribution in [0.2, 0.25) is 0 Å². The number of aromatic hydroxyl groups is 1. The van der Waals surface area contributed by atoms with Gasteiger partial charge in [0.2, 0.25) is 5.78 Å². The molecule has 0 aromatic heterocycles. The number of phenolic OH excluding ortho intramolecular Hbond substituents is 1. The Hall–Kier alpha value is -2.90. The lowest BCUT2D eigenvalue weighted by Crippen LogP contribution is -2.65. The van der Waals surface area contributed by atoms with Gasteiger partial charge in [0.1, 0.15) is 17.3 Å². The number of hydrogen-bond donors (Lipinski definition) is 1. The van der Waals surface area contributed by atoms with Crippen LogP contribution < -0.4 is 0 Å². The van der Waals surface area contributed by atoms with Crippen molar-refractivity contribution in [2.45, 2.75) is 59.1 Å². The predicted molar refractivity (Wildman–Crippen MR) is 109 cm³/mol. The van der Waals surface area contributed by atoms with Crippen molar-refractivity contribution < 1.29 is 29.0 Å². The second-order valence-corrected chi connectivity index (χ2v) is 8.98. The smallest absolute Gasteiger partial charge is 0.331 e. The molecule has 0 bridgehead atoms. The van der Waals surface area contributed by atoms with Crippen molar-refractivity contribution in [3.8, 4) is 5.75 Å². The maximum atomic E-state index is 13.2. The van der Waals surface area contributed by atoms with E-state index in [9.17, 15) is 24.3 Å². The number of Topliss-reactive ketones (excluding diaryl/α,β-unsaturated/α-hetero) is 1. The fourth-order valence-electron chi connectivity index (χ4n) is 3.36. The lowest BCUT2D eigenvalue weighted by atomic mass is 9.89.